The minimum Gasteiger partial charge on any atom is -0.457 e. The molecule has 0 spiro atoms. The molecule has 0 amide bonds. The predicted molar refractivity (Wildman–Crippen MR) is 79.7 cm³/mol. The fraction of sp³-hybridized carbons (Fsp3) is 0.250. The van der Waals surface area contributed by atoms with Gasteiger partial charge in [-0.1, -0.05) is 47.1 Å². The number of aryl methyl sites for hydroxylation is 2. The van der Waals surface area contributed by atoms with E-state index in [1.165, 1.54) is 11.1 Å². The minimum absolute atomic E-state index is 0.874. The lowest BCUT2D eigenvalue weighted by Crippen LogP contribution is -1.90. The van der Waals surface area contributed by atoms with Crippen molar-refractivity contribution < 1.29 is 4.74 Å². The number of alkyl halides is 1. The maximum absolute atomic E-state index is 5.94. The molecule has 2 aromatic carbocycles. The van der Waals surface area contributed by atoms with Crippen LogP contribution in [-0.2, 0) is 11.8 Å². The molecule has 0 aromatic heterocycles. The molecule has 2 aromatic rings. The van der Waals surface area contributed by atoms with Gasteiger partial charge < -0.3 is 4.74 Å². The number of ether oxygens (including phenoxy) is 1. The second-order valence-electron chi connectivity index (χ2n) is 4.34. The van der Waals surface area contributed by atoms with Gasteiger partial charge in [-0.05, 0) is 48.2 Å². The summed E-state index contributed by atoms with van der Waals surface area (Å²) in [4.78, 5) is 0. The van der Waals surface area contributed by atoms with E-state index in [4.69, 9.17) is 4.74 Å². The van der Waals surface area contributed by atoms with Crippen molar-refractivity contribution in [1.29, 1.82) is 0 Å². The van der Waals surface area contributed by atoms with Gasteiger partial charge in [-0.25, -0.2) is 0 Å². The van der Waals surface area contributed by atoms with Crippen molar-refractivity contribution in [3.8, 4) is 11.5 Å². The van der Waals surface area contributed by atoms with Crippen molar-refractivity contribution in [1.82, 2.24) is 0 Å². The highest BCUT2D eigenvalue weighted by Gasteiger charge is 2.03. The monoisotopic (exact) mass is 304 g/mol. The summed E-state index contributed by atoms with van der Waals surface area (Å²) in [6.45, 7) is 4.22. The molecule has 0 N–H and O–H groups in total. The zero-order valence-corrected chi connectivity index (χ0v) is 12.3. The van der Waals surface area contributed by atoms with Gasteiger partial charge >= 0.3 is 0 Å². The van der Waals surface area contributed by atoms with Gasteiger partial charge in [0.15, 0.2) is 0 Å². The molecule has 0 saturated carbocycles. The van der Waals surface area contributed by atoms with Crippen LogP contribution in [0.25, 0.3) is 0 Å². The molecule has 2 heteroatoms. The van der Waals surface area contributed by atoms with E-state index < -0.39 is 0 Å². The summed E-state index contributed by atoms with van der Waals surface area (Å²) in [6.07, 6.45) is 1.03. The number of halogens is 1. The quantitative estimate of drug-likeness (QED) is 0.701. The highest BCUT2D eigenvalue weighted by Crippen LogP contribution is 2.27. The molecule has 0 atom stereocenters. The Morgan fingerprint density at radius 2 is 1.89 bits per heavy atom. The third-order valence-corrected chi connectivity index (χ3v) is 3.58. The van der Waals surface area contributed by atoms with Crippen molar-refractivity contribution in [2.75, 3.05) is 0 Å². The Morgan fingerprint density at radius 3 is 2.56 bits per heavy atom. The second-order valence-corrected chi connectivity index (χ2v) is 4.90. The fourth-order valence-electron chi connectivity index (χ4n) is 1.87. The number of hydrogen-bond donors (Lipinski definition) is 0. The Bertz CT molecular complexity index is 534. The van der Waals surface area contributed by atoms with Crippen LogP contribution in [0.5, 0.6) is 11.5 Å². The Hall–Kier alpha value is -1.28. The summed E-state index contributed by atoms with van der Waals surface area (Å²) >= 11 is 3.46. The molecule has 0 fully saturated rings. The van der Waals surface area contributed by atoms with E-state index in [-0.39, 0.29) is 0 Å². The van der Waals surface area contributed by atoms with Crippen molar-refractivity contribution in [3.63, 3.8) is 0 Å². The second kappa shape index (κ2) is 6.05. The first kappa shape index (κ1) is 13.2. The molecular weight excluding hydrogens is 288 g/mol. The molecule has 0 heterocycles. The first-order chi connectivity index (χ1) is 8.72. The zero-order chi connectivity index (χ0) is 13.0. The molecule has 0 radical (unpaired) electrons. The maximum atomic E-state index is 5.94. The van der Waals surface area contributed by atoms with E-state index in [1.54, 1.807) is 0 Å². The minimum atomic E-state index is 0.874. The lowest BCUT2D eigenvalue weighted by Gasteiger charge is -2.10. The lowest BCUT2D eigenvalue weighted by molar-refractivity contribution is 0.478. The van der Waals surface area contributed by atoms with E-state index in [0.29, 0.717) is 0 Å². The highest BCUT2D eigenvalue weighted by atomic mass is 79.9. The molecule has 18 heavy (non-hydrogen) atoms. The number of hydrogen-bond acceptors (Lipinski definition) is 1. The summed E-state index contributed by atoms with van der Waals surface area (Å²) in [5.74, 6) is 1.83. The van der Waals surface area contributed by atoms with Crippen LogP contribution >= 0.6 is 15.9 Å². The van der Waals surface area contributed by atoms with E-state index >= 15 is 0 Å². The third-order valence-electron chi connectivity index (χ3n) is 2.93. The molecule has 0 aliphatic rings. The van der Waals surface area contributed by atoms with Crippen LogP contribution in [0, 0.1) is 6.92 Å². The van der Waals surface area contributed by atoms with Crippen LogP contribution in [-0.4, -0.2) is 0 Å². The van der Waals surface area contributed by atoms with Crippen molar-refractivity contribution in [2.24, 2.45) is 0 Å². The van der Waals surface area contributed by atoms with Gasteiger partial charge in [0.1, 0.15) is 11.5 Å². The first-order valence-electron chi connectivity index (χ1n) is 6.15. The highest BCUT2D eigenvalue weighted by molar-refractivity contribution is 9.08. The van der Waals surface area contributed by atoms with Gasteiger partial charge in [0.2, 0.25) is 0 Å². The smallest absolute Gasteiger partial charge is 0.130 e. The lowest BCUT2D eigenvalue weighted by atomic mass is 10.1. The Labute approximate surface area is 117 Å². The molecule has 0 aliphatic carbocycles. The fourth-order valence-corrected chi connectivity index (χ4v) is 2.21. The van der Waals surface area contributed by atoms with Crippen LogP contribution in [0.2, 0.25) is 0 Å². The molecule has 94 valence electrons. The molecule has 2 rings (SSSR count). The number of benzene rings is 2. The summed E-state index contributed by atoms with van der Waals surface area (Å²) in [5, 5.41) is 0.874. The van der Waals surface area contributed by atoms with Gasteiger partial charge in [0.05, 0.1) is 0 Å². The largest absolute Gasteiger partial charge is 0.457 e. The predicted octanol–water partition coefficient (Wildman–Crippen LogP) is 5.24. The number of rotatable bonds is 4. The SMILES string of the molecule is CCc1cccc(Oc2ccc(CBr)cc2C)c1. The van der Waals surface area contributed by atoms with E-state index in [1.807, 2.05) is 18.2 Å². The Kier molecular flexibility index (Phi) is 4.43. The third kappa shape index (κ3) is 3.14. The van der Waals surface area contributed by atoms with Crippen molar-refractivity contribution in [3.05, 3.63) is 59.2 Å². The van der Waals surface area contributed by atoms with Gasteiger partial charge in [-0.2, -0.15) is 0 Å². The molecule has 0 saturated heterocycles. The molecule has 0 aliphatic heterocycles. The van der Waals surface area contributed by atoms with Crippen LogP contribution in [0.3, 0.4) is 0 Å². The normalized spacial score (nSPS) is 10.4. The summed E-state index contributed by atoms with van der Waals surface area (Å²) in [6, 6.07) is 14.5. The Balaban J connectivity index is 2.22. The van der Waals surface area contributed by atoms with Gasteiger partial charge in [-0.3, -0.25) is 0 Å². The molecule has 1 nitrogen and oxygen atoms in total. The van der Waals surface area contributed by atoms with Gasteiger partial charge in [-0.15, -0.1) is 0 Å². The topological polar surface area (TPSA) is 9.23 Å². The van der Waals surface area contributed by atoms with E-state index in [9.17, 15) is 0 Å². The summed E-state index contributed by atoms with van der Waals surface area (Å²) < 4.78 is 5.94. The van der Waals surface area contributed by atoms with Crippen LogP contribution in [0.15, 0.2) is 42.5 Å². The Morgan fingerprint density at radius 1 is 1.06 bits per heavy atom. The van der Waals surface area contributed by atoms with Gasteiger partial charge in [0, 0.05) is 5.33 Å². The van der Waals surface area contributed by atoms with Crippen LogP contribution < -0.4 is 4.74 Å². The average Bonchev–Trinajstić information content (AvgIpc) is 2.41. The van der Waals surface area contributed by atoms with Crippen LogP contribution in [0.1, 0.15) is 23.6 Å². The first-order valence-corrected chi connectivity index (χ1v) is 7.27. The van der Waals surface area contributed by atoms with Crippen molar-refractivity contribution in [2.45, 2.75) is 25.6 Å². The molecule has 0 bridgehead atoms. The van der Waals surface area contributed by atoms with Gasteiger partial charge in [0.25, 0.3) is 0 Å². The zero-order valence-electron chi connectivity index (χ0n) is 10.7. The van der Waals surface area contributed by atoms with E-state index in [2.05, 4.69) is 54.0 Å². The molecular formula is C16H17BrO. The van der Waals surface area contributed by atoms with E-state index in [0.717, 1.165) is 28.8 Å². The maximum Gasteiger partial charge on any atom is 0.130 e. The van der Waals surface area contributed by atoms with Crippen molar-refractivity contribution >= 4 is 15.9 Å². The molecule has 0 unspecified atom stereocenters. The van der Waals surface area contributed by atoms with Crippen LogP contribution in [0.4, 0.5) is 0 Å². The summed E-state index contributed by atoms with van der Waals surface area (Å²) in [5.41, 5.74) is 3.72. The average molecular weight is 305 g/mol. The standard InChI is InChI=1S/C16H17BrO/c1-3-13-5-4-6-15(10-13)18-16-8-7-14(11-17)9-12(16)2/h4-10H,3,11H2,1-2H3. The summed E-state index contributed by atoms with van der Waals surface area (Å²) in [7, 11) is 0.